The second-order valence-electron chi connectivity index (χ2n) is 4.83. The van der Waals surface area contributed by atoms with Crippen molar-refractivity contribution in [3.8, 4) is 0 Å². The topological polar surface area (TPSA) is 99.6 Å². The molecule has 20 heavy (non-hydrogen) atoms. The van der Waals surface area contributed by atoms with Gasteiger partial charge in [-0.25, -0.2) is 4.79 Å². The van der Waals surface area contributed by atoms with Crippen molar-refractivity contribution in [3.63, 3.8) is 0 Å². The summed E-state index contributed by atoms with van der Waals surface area (Å²) in [6, 6.07) is 1.19. The number of piperidine rings is 1. The number of hydrogen-bond acceptors (Lipinski definition) is 4. The molecule has 110 valence electrons. The minimum Gasteiger partial charge on any atom is -0.478 e. The van der Waals surface area contributed by atoms with Gasteiger partial charge in [-0.05, 0) is 25.8 Å². The molecule has 2 heterocycles. The maximum atomic E-state index is 12.3. The van der Waals surface area contributed by atoms with E-state index in [9.17, 15) is 13.2 Å². The molecule has 2 N–H and O–H groups in total. The molecule has 1 aromatic heterocycles. The Morgan fingerprint density at radius 2 is 2.20 bits per heavy atom. The van der Waals surface area contributed by atoms with Crippen LogP contribution in [0.2, 0.25) is 0 Å². The summed E-state index contributed by atoms with van der Waals surface area (Å²) in [4.78, 5) is 14.6. The van der Waals surface area contributed by atoms with E-state index in [1.54, 1.807) is 0 Å². The van der Waals surface area contributed by atoms with E-state index in [2.05, 4.69) is 9.71 Å². The molecule has 0 saturated carbocycles. The van der Waals surface area contributed by atoms with Crippen LogP contribution < -0.4 is 4.72 Å². The number of carboxylic acids is 1. The van der Waals surface area contributed by atoms with Crippen molar-refractivity contribution in [1.29, 1.82) is 0 Å². The third-order valence-corrected chi connectivity index (χ3v) is 4.94. The van der Waals surface area contributed by atoms with Gasteiger partial charge in [-0.15, -0.1) is 0 Å². The fraction of sp³-hybridized carbons (Fsp3) is 0.500. The van der Waals surface area contributed by atoms with E-state index in [1.807, 2.05) is 6.92 Å². The van der Waals surface area contributed by atoms with Crippen molar-refractivity contribution in [2.45, 2.75) is 32.2 Å². The van der Waals surface area contributed by atoms with Crippen molar-refractivity contribution < 1.29 is 18.3 Å². The number of carbonyl (C=O) groups is 1. The lowest BCUT2D eigenvalue weighted by Gasteiger charge is -2.32. The number of aromatic nitrogens is 1. The average Bonchev–Trinajstić information content (AvgIpc) is 2.38. The van der Waals surface area contributed by atoms with Crippen molar-refractivity contribution in [2.24, 2.45) is 0 Å². The van der Waals surface area contributed by atoms with Crippen LogP contribution in [0.3, 0.4) is 0 Å². The van der Waals surface area contributed by atoms with E-state index in [0.717, 1.165) is 19.3 Å². The molecule has 1 saturated heterocycles. The standard InChI is InChI=1S/C12H17N3O4S/c1-9-4-2-3-5-15(9)20(18,19)14-11-6-10(12(16)17)7-13-8-11/h6-9,14H,2-5H2,1H3,(H,16,17). The van der Waals surface area contributed by atoms with E-state index in [4.69, 9.17) is 5.11 Å². The number of nitrogens with one attached hydrogen (secondary N) is 1. The zero-order chi connectivity index (χ0) is 14.8. The van der Waals surface area contributed by atoms with Gasteiger partial charge in [-0.3, -0.25) is 9.71 Å². The second kappa shape index (κ2) is 5.76. The summed E-state index contributed by atoms with van der Waals surface area (Å²) in [6.45, 7) is 2.34. The Balaban J connectivity index is 2.19. The summed E-state index contributed by atoms with van der Waals surface area (Å²) in [5, 5.41) is 8.87. The van der Waals surface area contributed by atoms with Gasteiger partial charge in [-0.1, -0.05) is 6.42 Å². The first-order valence-corrected chi connectivity index (χ1v) is 7.82. The normalized spacial score (nSPS) is 20.6. The molecule has 0 aliphatic carbocycles. The molecule has 0 bridgehead atoms. The van der Waals surface area contributed by atoms with Gasteiger partial charge in [0.25, 0.3) is 0 Å². The Hall–Kier alpha value is -1.67. The van der Waals surface area contributed by atoms with Gasteiger partial charge in [0, 0.05) is 18.8 Å². The predicted molar refractivity (Wildman–Crippen MR) is 73.8 cm³/mol. The minimum atomic E-state index is -3.68. The van der Waals surface area contributed by atoms with Crippen molar-refractivity contribution in [2.75, 3.05) is 11.3 Å². The van der Waals surface area contributed by atoms with Crippen molar-refractivity contribution in [3.05, 3.63) is 24.0 Å². The summed E-state index contributed by atoms with van der Waals surface area (Å²) in [5.41, 5.74) is 0.0968. The zero-order valence-corrected chi connectivity index (χ0v) is 11.9. The van der Waals surface area contributed by atoms with Crippen LogP contribution in [0.1, 0.15) is 36.5 Å². The molecule has 7 nitrogen and oxygen atoms in total. The van der Waals surface area contributed by atoms with Crippen molar-refractivity contribution in [1.82, 2.24) is 9.29 Å². The van der Waals surface area contributed by atoms with Gasteiger partial charge in [0.05, 0.1) is 17.4 Å². The van der Waals surface area contributed by atoms with E-state index in [0.29, 0.717) is 6.54 Å². The molecule has 1 unspecified atom stereocenters. The molecule has 1 atom stereocenters. The number of nitrogens with zero attached hydrogens (tertiary/aromatic N) is 2. The number of aromatic carboxylic acids is 1. The molecule has 1 fully saturated rings. The number of pyridine rings is 1. The Labute approximate surface area is 117 Å². The number of anilines is 1. The van der Waals surface area contributed by atoms with Crippen LogP contribution in [0.5, 0.6) is 0 Å². The van der Waals surface area contributed by atoms with Crippen LogP contribution in [-0.4, -0.2) is 41.4 Å². The van der Waals surface area contributed by atoms with Crippen LogP contribution in [-0.2, 0) is 10.2 Å². The molecule has 8 heteroatoms. The third kappa shape index (κ3) is 3.26. The maximum absolute atomic E-state index is 12.3. The van der Waals surface area contributed by atoms with Gasteiger partial charge in [0.15, 0.2) is 0 Å². The highest BCUT2D eigenvalue weighted by Gasteiger charge is 2.29. The molecule has 0 aromatic carbocycles. The van der Waals surface area contributed by atoms with Gasteiger partial charge in [-0.2, -0.15) is 12.7 Å². The Morgan fingerprint density at radius 1 is 1.45 bits per heavy atom. The fourth-order valence-corrected chi connectivity index (χ4v) is 3.72. The number of hydrogen-bond donors (Lipinski definition) is 2. The average molecular weight is 299 g/mol. The number of carboxylic acid groups (broad SMARTS) is 1. The van der Waals surface area contributed by atoms with Gasteiger partial charge in [0.1, 0.15) is 0 Å². The molecule has 1 aromatic rings. The first-order valence-electron chi connectivity index (χ1n) is 6.38. The molecule has 1 aliphatic heterocycles. The van der Waals surface area contributed by atoms with E-state index in [-0.39, 0.29) is 17.3 Å². The molecular formula is C12H17N3O4S. The van der Waals surface area contributed by atoms with Crippen LogP contribution in [0.4, 0.5) is 5.69 Å². The fourth-order valence-electron chi connectivity index (χ4n) is 2.25. The SMILES string of the molecule is CC1CCCCN1S(=O)(=O)Nc1cncc(C(=O)O)c1. The van der Waals surface area contributed by atoms with Crippen molar-refractivity contribution >= 4 is 21.9 Å². The molecule has 1 aliphatic rings. The smallest absolute Gasteiger partial charge is 0.337 e. The van der Waals surface area contributed by atoms with Gasteiger partial charge >= 0.3 is 16.2 Å². The van der Waals surface area contributed by atoms with Crippen LogP contribution in [0.15, 0.2) is 18.5 Å². The summed E-state index contributed by atoms with van der Waals surface area (Å²) in [5.74, 6) is -1.15. The minimum absolute atomic E-state index is 0.0584. The Bertz CT molecular complexity index is 602. The first kappa shape index (κ1) is 14.7. The lowest BCUT2D eigenvalue weighted by Crippen LogP contribution is -2.44. The highest BCUT2D eigenvalue weighted by molar-refractivity contribution is 7.90. The monoisotopic (exact) mass is 299 g/mol. The highest BCUT2D eigenvalue weighted by atomic mass is 32.2. The van der Waals surface area contributed by atoms with Gasteiger partial charge < -0.3 is 5.11 Å². The Kier molecular flexibility index (Phi) is 4.24. The first-order chi connectivity index (χ1) is 9.40. The van der Waals surface area contributed by atoms with E-state index < -0.39 is 16.2 Å². The molecular weight excluding hydrogens is 282 g/mol. The van der Waals surface area contributed by atoms with E-state index in [1.165, 1.54) is 22.8 Å². The lowest BCUT2D eigenvalue weighted by molar-refractivity contribution is 0.0696. The summed E-state index contributed by atoms with van der Waals surface area (Å²) < 4.78 is 28.4. The van der Waals surface area contributed by atoms with Crippen LogP contribution in [0, 0.1) is 0 Å². The largest absolute Gasteiger partial charge is 0.478 e. The Morgan fingerprint density at radius 3 is 2.85 bits per heavy atom. The summed E-state index contributed by atoms with van der Waals surface area (Å²) >= 11 is 0. The highest BCUT2D eigenvalue weighted by Crippen LogP contribution is 2.21. The molecule has 0 spiro atoms. The summed E-state index contributed by atoms with van der Waals surface area (Å²) in [6.07, 6.45) is 5.14. The molecule has 0 amide bonds. The maximum Gasteiger partial charge on any atom is 0.337 e. The third-order valence-electron chi connectivity index (χ3n) is 3.28. The zero-order valence-electron chi connectivity index (χ0n) is 11.1. The lowest BCUT2D eigenvalue weighted by atomic mass is 10.1. The quantitative estimate of drug-likeness (QED) is 0.873. The van der Waals surface area contributed by atoms with Gasteiger partial charge in [0.2, 0.25) is 0 Å². The molecule has 2 rings (SSSR count). The van der Waals surface area contributed by atoms with Crippen LogP contribution in [0.25, 0.3) is 0 Å². The molecule has 0 radical (unpaired) electrons. The second-order valence-corrected chi connectivity index (χ2v) is 6.45. The summed E-state index contributed by atoms with van der Waals surface area (Å²) in [7, 11) is -3.68. The van der Waals surface area contributed by atoms with Crippen LogP contribution >= 0.6 is 0 Å². The predicted octanol–water partition coefficient (Wildman–Crippen LogP) is 1.31. The number of rotatable bonds is 4. The van der Waals surface area contributed by atoms with E-state index >= 15 is 0 Å².